The largest absolute Gasteiger partial charge is 0.357 e. The second-order valence-electron chi connectivity index (χ2n) is 9.69. The first kappa shape index (κ1) is 20.4. The van der Waals surface area contributed by atoms with Gasteiger partial charge in [-0.2, -0.15) is 0 Å². The molecule has 4 aromatic rings. The molecule has 1 aliphatic rings. The van der Waals surface area contributed by atoms with Gasteiger partial charge in [-0.3, -0.25) is 4.79 Å². The van der Waals surface area contributed by atoms with E-state index >= 15 is 0 Å². The number of hydrogen-bond acceptors (Lipinski definition) is 5. The van der Waals surface area contributed by atoms with Gasteiger partial charge in [-0.15, -0.1) is 5.10 Å². The number of aromatic amines is 1. The Kier molecular flexibility index (Phi) is 4.65. The molecule has 1 atom stereocenters. The van der Waals surface area contributed by atoms with Crippen LogP contribution in [0, 0.1) is 13.8 Å². The minimum absolute atomic E-state index is 0.109. The quantitative estimate of drug-likeness (QED) is 0.533. The molecule has 2 aromatic heterocycles. The maximum atomic E-state index is 13.5. The van der Waals surface area contributed by atoms with Crippen molar-refractivity contribution in [3.63, 3.8) is 0 Å². The summed E-state index contributed by atoms with van der Waals surface area (Å²) in [6, 6.07) is 14.2. The van der Waals surface area contributed by atoms with E-state index in [1.54, 1.807) is 0 Å². The molecule has 3 heterocycles. The standard InChI is InChI=1S/C25H28N6O/c1-15-12-16(2)21-18(13-15)14-19(24(32)26-21)22(23-27-28-29-31(23)25(3,4)5)30-11-10-17-8-6-7-9-20(17)30/h6-9,12-14,22H,10-11H2,1-5H3,(H,26,32)/t22-/m0/s1. The maximum absolute atomic E-state index is 13.5. The number of H-pyrrole nitrogens is 1. The summed E-state index contributed by atoms with van der Waals surface area (Å²) in [5.41, 5.74) is 5.72. The number of para-hydroxylation sites is 1. The summed E-state index contributed by atoms with van der Waals surface area (Å²) in [6.07, 6.45) is 0.924. The molecule has 0 amide bonds. The fraction of sp³-hybridized carbons (Fsp3) is 0.360. The van der Waals surface area contributed by atoms with Crippen LogP contribution in [0.15, 0.2) is 47.3 Å². The second-order valence-corrected chi connectivity index (χ2v) is 9.69. The number of pyridine rings is 1. The van der Waals surface area contributed by atoms with Crippen LogP contribution < -0.4 is 10.5 Å². The summed E-state index contributed by atoms with van der Waals surface area (Å²) in [4.78, 5) is 18.9. The molecular weight excluding hydrogens is 400 g/mol. The first-order valence-electron chi connectivity index (χ1n) is 11.0. The number of aryl methyl sites for hydroxylation is 2. The molecule has 0 unspecified atom stereocenters. The number of rotatable bonds is 3. The van der Waals surface area contributed by atoms with E-state index in [9.17, 15) is 4.79 Å². The van der Waals surface area contributed by atoms with Crippen LogP contribution in [0.2, 0.25) is 0 Å². The highest BCUT2D eigenvalue weighted by atomic mass is 16.1. The average molecular weight is 429 g/mol. The SMILES string of the molecule is Cc1cc(C)c2[nH]c(=O)c([C@@H](c3nnnn3C(C)(C)C)N3CCc4ccccc43)cc2c1. The van der Waals surface area contributed by atoms with Crippen molar-refractivity contribution in [1.82, 2.24) is 25.2 Å². The van der Waals surface area contributed by atoms with E-state index in [-0.39, 0.29) is 11.1 Å². The van der Waals surface area contributed by atoms with Gasteiger partial charge in [0.2, 0.25) is 0 Å². The maximum Gasteiger partial charge on any atom is 0.254 e. The van der Waals surface area contributed by atoms with Crippen molar-refractivity contribution in [2.45, 2.75) is 52.6 Å². The predicted molar refractivity (Wildman–Crippen MR) is 126 cm³/mol. The van der Waals surface area contributed by atoms with Crippen molar-refractivity contribution < 1.29 is 0 Å². The third-order valence-electron chi connectivity index (χ3n) is 6.23. The first-order valence-corrected chi connectivity index (χ1v) is 11.0. The summed E-state index contributed by atoms with van der Waals surface area (Å²) in [7, 11) is 0. The van der Waals surface area contributed by atoms with Crippen molar-refractivity contribution >= 4 is 16.6 Å². The van der Waals surface area contributed by atoms with Crippen molar-refractivity contribution in [3.8, 4) is 0 Å². The van der Waals surface area contributed by atoms with Gasteiger partial charge in [-0.1, -0.05) is 29.8 Å². The zero-order valence-corrected chi connectivity index (χ0v) is 19.2. The van der Waals surface area contributed by atoms with Gasteiger partial charge in [0, 0.05) is 17.8 Å². The molecular formula is C25H28N6O. The minimum atomic E-state index is -0.401. The van der Waals surface area contributed by atoms with E-state index in [1.807, 2.05) is 23.7 Å². The summed E-state index contributed by atoms with van der Waals surface area (Å²) in [6.45, 7) is 11.1. The minimum Gasteiger partial charge on any atom is -0.357 e. The number of hydrogen-bond donors (Lipinski definition) is 1. The number of tetrazole rings is 1. The Balaban J connectivity index is 1.78. The monoisotopic (exact) mass is 428 g/mol. The van der Waals surface area contributed by atoms with Crippen LogP contribution in [0.25, 0.3) is 10.9 Å². The summed E-state index contributed by atoms with van der Waals surface area (Å²) in [5.74, 6) is 0.670. The fourth-order valence-electron chi connectivity index (χ4n) is 4.83. The molecule has 0 spiro atoms. The van der Waals surface area contributed by atoms with E-state index in [4.69, 9.17) is 0 Å². The Morgan fingerprint density at radius 1 is 1.09 bits per heavy atom. The Bertz CT molecular complexity index is 1380. The molecule has 0 bridgehead atoms. The average Bonchev–Trinajstić information content (AvgIpc) is 3.37. The molecule has 32 heavy (non-hydrogen) atoms. The van der Waals surface area contributed by atoms with Gasteiger partial charge >= 0.3 is 0 Å². The van der Waals surface area contributed by atoms with Crippen LogP contribution in [0.4, 0.5) is 5.69 Å². The third-order valence-corrected chi connectivity index (χ3v) is 6.23. The van der Waals surface area contributed by atoms with E-state index in [1.165, 1.54) is 5.56 Å². The lowest BCUT2D eigenvalue weighted by Crippen LogP contribution is -2.37. The topological polar surface area (TPSA) is 79.7 Å². The highest BCUT2D eigenvalue weighted by Crippen LogP contribution is 2.38. The van der Waals surface area contributed by atoms with Crippen LogP contribution in [0.5, 0.6) is 0 Å². The molecule has 0 saturated carbocycles. The molecule has 1 N–H and O–H groups in total. The van der Waals surface area contributed by atoms with Crippen LogP contribution in [0.1, 0.15) is 54.9 Å². The lowest BCUT2D eigenvalue weighted by Gasteiger charge is -2.31. The van der Waals surface area contributed by atoms with Gasteiger partial charge in [0.1, 0.15) is 6.04 Å². The second kappa shape index (κ2) is 7.29. The van der Waals surface area contributed by atoms with Crippen LogP contribution >= 0.6 is 0 Å². The van der Waals surface area contributed by atoms with Gasteiger partial charge in [-0.05, 0) is 86.2 Å². The fourth-order valence-corrected chi connectivity index (χ4v) is 4.83. The zero-order valence-electron chi connectivity index (χ0n) is 19.2. The molecule has 1 aliphatic heterocycles. The third kappa shape index (κ3) is 3.28. The number of nitrogens with zero attached hydrogens (tertiary/aromatic N) is 5. The molecule has 0 saturated heterocycles. The molecule has 7 heteroatoms. The number of anilines is 1. The van der Waals surface area contributed by atoms with Gasteiger partial charge < -0.3 is 9.88 Å². The number of aromatic nitrogens is 5. The summed E-state index contributed by atoms with van der Waals surface area (Å²) < 4.78 is 1.84. The van der Waals surface area contributed by atoms with Crippen LogP contribution in [-0.4, -0.2) is 31.7 Å². The van der Waals surface area contributed by atoms with Gasteiger partial charge in [0.25, 0.3) is 5.56 Å². The first-order chi connectivity index (χ1) is 15.2. The van der Waals surface area contributed by atoms with E-state index in [0.717, 1.165) is 40.7 Å². The van der Waals surface area contributed by atoms with Gasteiger partial charge in [0.15, 0.2) is 5.82 Å². The van der Waals surface area contributed by atoms with E-state index < -0.39 is 6.04 Å². The lowest BCUT2D eigenvalue weighted by molar-refractivity contribution is 0.329. The van der Waals surface area contributed by atoms with Crippen LogP contribution in [0.3, 0.4) is 0 Å². The smallest absolute Gasteiger partial charge is 0.254 e. The normalized spacial score (nSPS) is 14.7. The highest BCUT2D eigenvalue weighted by molar-refractivity contribution is 5.83. The Morgan fingerprint density at radius 2 is 1.88 bits per heavy atom. The molecule has 5 rings (SSSR count). The van der Waals surface area contributed by atoms with Crippen LogP contribution in [-0.2, 0) is 12.0 Å². The Hall–Kier alpha value is -3.48. The predicted octanol–water partition coefficient (Wildman–Crippen LogP) is 4.04. The number of fused-ring (bicyclic) bond motifs is 2. The number of nitrogens with one attached hydrogen (secondary N) is 1. The van der Waals surface area contributed by atoms with Crippen molar-refractivity contribution in [3.05, 3.63) is 80.9 Å². The highest BCUT2D eigenvalue weighted by Gasteiger charge is 2.36. The van der Waals surface area contributed by atoms with Gasteiger partial charge in [0.05, 0.1) is 11.1 Å². The van der Waals surface area contributed by atoms with Crippen molar-refractivity contribution in [2.24, 2.45) is 0 Å². The van der Waals surface area contributed by atoms with E-state index in [0.29, 0.717) is 11.4 Å². The van der Waals surface area contributed by atoms with E-state index in [2.05, 4.69) is 83.4 Å². The molecule has 0 aliphatic carbocycles. The van der Waals surface area contributed by atoms with Gasteiger partial charge in [-0.25, -0.2) is 4.68 Å². The Morgan fingerprint density at radius 3 is 2.66 bits per heavy atom. The molecule has 7 nitrogen and oxygen atoms in total. The number of benzene rings is 2. The van der Waals surface area contributed by atoms with Crippen molar-refractivity contribution in [1.29, 1.82) is 0 Å². The molecule has 0 radical (unpaired) electrons. The van der Waals surface area contributed by atoms with Crippen molar-refractivity contribution in [2.75, 3.05) is 11.4 Å². The molecule has 164 valence electrons. The molecule has 0 fully saturated rings. The summed E-state index contributed by atoms with van der Waals surface area (Å²) in [5, 5.41) is 13.8. The Labute approximate surface area is 187 Å². The molecule has 2 aromatic carbocycles. The zero-order chi connectivity index (χ0) is 22.6. The summed E-state index contributed by atoms with van der Waals surface area (Å²) >= 11 is 0. The lowest BCUT2D eigenvalue weighted by atomic mass is 9.99.